The molecule has 0 fully saturated rings. The molecule has 8 heteroatoms. The smallest absolute Gasteiger partial charge is 0.306 e. The first-order chi connectivity index (χ1) is 17.8. The normalized spacial score (nSPS) is 14.3. The molecule has 5 aromatic rings. The van der Waals surface area contributed by atoms with E-state index in [0.717, 1.165) is 39.5 Å². The van der Waals surface area contributed by atoms with Crippen molar-refractivity contribution in [3.63, 3.8) is 0 Å². The van der Waals surface area contributed by atoms with E-state index in [1.807, 2.05) is 24.3 Å². The number of halogens is 3. The maximum Gasteiger partial charge on any atom is 0.416 e. The third-order valence-corrected chi connectivity index (χ3v) is 6.96. The Bertz CT molecular complexity index is 1710. The standard InChI is InChI=1S/C29H23F3N4O/c1-17-6-11-25-21(14-17)22(20-4-2-3-5-24(20)33-25)15-36-13-12-26-23(16-36)28(37)35-27(34-26)18-7-9-19(10-8-18)29(30,31)32/h2-11,14H,12-13,15-16H2,1H3,(H,34,35,37). The number of hydrogen-bond acceptors (Lipinski definition) is 4. The van der Waals surface area contributed by atoms with Crippen LogP contribution in [-0.2, 0) is 25.7 Å². The zero-order chi connectivity index (χ0) is 25.7. The number of fused-ring (bicyclic) bond motifs is 3. The summed E-state index contributed by atoms with van der Waals surface area (Å²) in [6.07, 6.45) is -3.84. The number of para-hydroxylation sites is 1. The van der Waals surface area contributed by atoms with Gasteiger partial charge in [-0.05, 0) is 42.8 Å². The summed E-state index contributed by atoms with van der Waals surface area (Å²) in [5.41, 5.74) is 4.95. The first kappa shape index (κ1) is 23.4. The summed E-state index contributed by atoms with van der Waals surface area (Å²) in [6, 6.07) is 19.0. The molecular formula is C29H23F3N4O. The zero-order valence-corrected chi connectivity index (χ0v) is 20.1. The lowest BCUT2D eigenvalue weighted by molar-refractivity contribution is -0.137. The van der Waals surface area contributed by atoms with Gasteiger partial charge in [0, 0.05) is 42.4 Å². The number of H-pyrrole nitrogens is 1. The van der Waals surface area contributed by atoms with Crippen molar-refractivity contribution in [2.45, 2.75) is 32.6 Å². The van der Waals surface area contributed by atoms with Gasteiger partial charge >= 0.3 is 6.18 Å². The van der Waals surface area contributed by atoms with E-state index in [1.54, 1.807) is 0 Å². The van der Waals surface area contributed by atoms with Crippen LogP contribution in [-0.4, -0.2) is 26.4 Å². The third kappa shape index (κ3) is 4.38. The van der Waals surface area contributed by atoms with Crippen LogP contribution in [0.4, 0.5) is 13.2 Å². The first-order valence-electron chi connectivity index (χ1n) is 12.1. The van der Waals surface area contributed by atoms with Gasteiger partial charge in [0.05, 0.1) is 27.9 Å². The van der Waals surface area contributed by atoms with Gasteiger partial charge in [-0.1, -0.05) is 42.0 Å². The fourth-order valence-electron chi connectivity index (χ4n) is 5.05. The summed E-state index contributed by atoms with van der Waals surface area (Å²) in [5.74, 6) is 0.285. The van der Waals surface area contributed by atoms with Crippen LogP contribution >= 0.6 is 0 Å². The van der Waals surface area contributed by atoms with Gasteiger partial charge in [0.25, 0.3) is 5.56 Å². The molecule has 0 aliphatic carbocycles. The molecule has 0 unspecified atom stereocenters. The van der Waals surface area contributed by atoms with Crippen LogP contribution in [0.5, 0.6) is 0 Å². The molecule has 2 aromatic heterocycles. The van der Waals surface area contributed by atoms with Gasteiger partial charge in [-0.15, -0.1) is 0 Å². The van der Waals surface area contributed by atoms with Gasteiger partial charge in [-0.2, -0.15) is 13.2 Å². The number of benzene rings is 3. The topological polar surface area (TPSA) is 61.9 Å². The van der Waals surface area contributed by atoms with E-state index in [1.165, 1.54) is 17.7 Å². The third-order valence-electron chi connectivity index (χ3n) is 6.96. The van der Waals surface area contributed by atoms with E-state index in [0.29, 0.717) is 42.9 Å². The molecule has 3 aromatic carbocycles. The Morgan fingerprint density at radius 1 is 0.946 bits per heavy atom. The summed E-state index contributed by atoms with van der Waals surface area (Å²) >= 11 is 0. The summed E-state index contributed by atoms with van der Waals surface area (Å²) in [6.45, 7) is 3.87. The molecule has 0 amide bonds. The van der Waals surface area contributed by atoms with E-state index >= 15 is 0 Å². The minimum atomic E-state index is -4.41. The van der Waals surface area contributed by atoms with Gasteiger partial charge in [0.15, 0.2) is 0 Å². The van der Waals surface area contributed by atoms with Crippen molar-refractivity contribution in [3.8, 4) is 11.4 Å². The van der Waals surface area contributed by atoms with E-state index in [-0.39, 0.29) is 11.4 Å². The molecule has 1 aliphatic heterocycles. The number of alkyl halides is 3. The van der Waals surface area contributed by atoms with Crippen LogP contribution in [0.3, 0.4) is 0 Å². The van der Waals surface area contributed by atoms with Crippen molar-refractivity contribution in [2.24, 2.45) is 0 Å². The SMILES string of the molecule is Cc1ccc2nc3ccccc3c(CN3CCc4nc(-c5ccc(C(F)(F)F)cc5)[nH]c(=O)c4C3)c2c1. The predicted octanol–water partition coefficient (Wildman–Crippen LogP) is 6.02. The number of hydrogen-bond donors (Lipinski definition) is 1. The van der Waals surface area contributed by atoms with Gasteiger partial charge in [0.2, 0.25) is 0 Å². The largest absolute Gasteiger partial charge is 0.416 e. The number of aromatic amines is 1. The number of aryl methyl sites for hydroxylation is 1. The number of nitrogens with zero attached hydrogens (tertiary/aromatic N) is 3. The zero-order valence-electron chi connectivity index (χ0n) is 20.1. The van der Waals surface area contributed by atoms with E-state index in [2.05, 4.69) is 40.0 Å². The molecule has 1 aliphatic rings. The van der Waals surface area contributed by atoms with Gasteiger partial charge in [-0.3, -0.25) is 9.69 Å². The first-order valence-corrected chi connectivity index (χ1v) is 12.1. The van der Waals surface area contributed by atoms with E-state index in [9.17, 15) is 18.0 Å². The summed E-state index contributed by atoms with van der Waals surface area (Å²) in [7, 11) is 0. The molecule has 5 nitrogen and oxygen atoms in total. The van der Waals surface area contributed by atoms with E-state index in [4.69, 9.17) is 4.98 Å². The number of pyridine rings is 1. The van der Waals surface area contributed by atoms with Crippen LogP contribution in [0.15, 0.2) is 71.5 Å². The maximum atomic E-state index is 13.0. The molecule has 0 atom stereocenters. The van der Waals surface area contributed by atoms with Crippen LogP contribution < -0.4 is 5.56 Å². The molecule has 0 bridgehead atoms. The average Bonchev–Trinajstić information content (AvgIpc) is 2.88. The molecule has 37 heavy (non-hydrogen) atoms. The fourth-order valence-corrected chi connectivity index (χ4v) is 5.05. The van der Waals surface area contributed by atoms with Gasteiger partial charge in [0.1, 0.15) is 5.82 Å². The fraction of sp³-hybridized carbons (Fsp3) is 0.207. The van der Waals surface area contributed by atoms with Crippen molar-refractivity contribution >= 4 is 21.8 Å². The molecular weight excluding hydrogens is 477 g/mol. The highest BCUT2D eigenvalue weighted by atomic mass is 19.4. The van der Waals surface area contributed by atoms with Crippen LogP contribution in [0.25, 0.3) is 33.2 Å². The van der Waals surface area contributed by atoms with Crippen molar-refractivity contribution in [2.75, 3.05) is 6.54 Å². The molecule has 0 spiro atoms. The Balaban J connectivity index is 1.32. The molecule has 186 valence electrons. The molecule has 0 saturated carbocycles. The second-order valence-electron chi connectivity index (χ2n) is 9.50. The second kappa shape index (κ2) is 8.81. The monoisotopic (exact) mass is 500 g/mol. The van der Waals surface area contributed by atoms with Crippen molar-refractivity contribution in [1.82, 2.24) is 19.9 Å². The van der Waals surface area contributed by atoms with Gasteiger partial charge < -0.3 is 4.98 Å². The summed E-state index contributed by atoms with van der Waals surface area (Å²) < 4.78 is 38.7. The molecule has 0 saturated heterocycles. The van der Waals surface area contributed by atoms with Crippen LogP contribution in [0, 0.1) is 6.92 Å². The summed E-state index contributed by atoms with van der Waals surface area (Å²) in [4.78, 5) is 27.5. The Hall–Kier alpha value is -4.04. The lowest BCUT2D eigenvalue weighted by Crippen LogP contribution is -2.35. The molecule has 3 heterocycles. The highest BCUT2D eigenvalue weighted by Gasteiger charge is 2.30. The molecule has 0 radical (unpaired) electrons. The van der Waals surface area contributed by atoms with Gasteiger partial charge in [-0.25, -0.2) is 9.97 Å². The number of nitrogens with one attached hydrogen (secondary N) is 1. The predicted molar refractivity (Wildman–Crippen MR) is 137 cm³/mol. The van der Waals surface area contributed by atoms with Crippen molar-refractivity contribution < 1.29 is 13.2 Å². The number of aromatic nitrogens is 3. The Morgan fingerprint density at radius 3 is 2.49 bits per heavy atom. The van der Waals surface area contributed by atoms with Crippen molar-refractivity contribution in [1.29, 1.82) is 0 Å². The van der Waals surface area contributed by atoms with Crippen LogP contribution in [0.2, 0.25) is 0 Å². The van der Waals surface area contributed by atoms with Crippen LogP contribution in [0.1, 0.15) is 27.9 Å². The minimum Gasteiger partial charge on any atom is -0.306 e. The average molecular weight is 501 g/mol. The highest BCUT2D eigenvalue weighted by Crippen LogP contribution is 2.31. The highest BCUT2D eigenvalue weighted by molar-refractivity contribution is 5.97. The van der Waals surface area contributed by atoms with Crippen molar-refractivity contribution in [3.05, 3.63) is 105 Å². The Labute approximate surface area is 210 Å². The Morgan fingerprint density at radius 2 is 1.70 bits per heavy atom. The number of rotatable bonds is 3. The molecule has 1 N–H and O–H groups in total. The lowest BCUT2D eigenvalue weighted by Gasteiger charge is -2.28. The molecule has 6 rings (SSSR count). The second-order valence-corrected chi connectivity index (χ2v) is 9.50. The Kier molecular flexibility index (Phi) is 5.56. The minimum absolute atomic E-state index is 0.259. The lowest BCUT2D eigenvalue weighted by atomic mass is 9.99. The summed E-state index contributed by atoms with van der Waals surface area (Å²) in [5, 5.41) is 2.20. The van der Waals surface area contributed by atoms with E-state index < -0.39 is 11.7 Å². The maximum absolute atomic E-state index is 13.0. The quantitative estimate of drug-likeness (QED) is 0.308.